The van der Waals surface area contributed by atoms with Gasteiger partial charge in [-0.1, -0.05) is 35.7 Å². The van der Waals surface area contributed by atoms with E-state index in [1.54, 1.807) is 18.2 Å². The van der Waals surface area contributed by atoms with Gasteiger partial charge in [-0.15, -0.1) is 0 Å². The van der Waals surface area contributed by atoms with Crippen molar-refractivity contribution in [2.45, 2.75) is 31.7 Å². The first kappa shape index (κ1) is 15.1. The number of amides is 1. The molecule has 2 N–H and O–H groups in total. The highest BCUT2D eigenvalue weighted by molar-refractivity contribution is 6.43. The molecule has 1 saturated carbocycles. The van der Waals surface area contributed by atoms with Gasteiger partial charge in [0.15, 0.2) is 0 Å². The number of rotatable bonds is 3. The maximum absolute atomic E-state index is 12.2. The second kappa shape index (κ2) is 6.46. The number of hydrogen-bond acceptors (Lipinski definition) is 2. The first-order valence-corrected chi connectivity index (χ1v) is 7.22. The molecule has 108 valence electrons. The van der Waals surface area contributed by atoms with E-state index in [1.807, 2.05) is 0 Å². The number of benzene rings is 1. The van der Waals surface area contributed by atoms with Crippen molar-refractivity contribution in [1.82, 2.24) is 5.32 Å². The van der Waals surface area contributed by atoms with Crippen molar-refractivity contribution < 1.29 is 14.7 Å². The van der Waals surface area contributed by atoms with Crippen LogP contribution >= 0.6 is 23.2 Å². The van der Waals surface area contributed by atoms with E-state index in [9.17, 15) is 9.59 Å². The highest BCUT2D eigenvalue weighted by Gasteiger charge is 2.28. The molecule has 0 aliphatic heterocycles. The molecule has 0 heterocycles. The first-order chi connectivity index (χ1) is 9.49. The quantitative estimate of drug-likeness (QED) is 0.898. The zero-order valence-corrected chi connectivity index (χ0v) is 12.2. The van der Waals surface area contributed by atoms with Gasteiger partial charge in [0.05, 0.1) is 21.5 Å². The van der Waals surface area contributed by atoms with Crippen LogP contribution in [0.15, 0.2) is 18.2 Å². The molecule has 0 aromatic heterocycles. The Bertz CT molecular complexity index is 533. The van der Waals surface area contributed by atoms with Gasteiger partial charge in [0.2, 0.25) is 0 Å². The van der Waals surface area contributed by atoms with Crippen molar-refractivity contribution in [2.24, 2.45) is 5.92 Å². The van der Waals surface area contributed by atoms with Gasteiger partial charge in [-0.2, -0.15) is 0 Å². The Morgan fingerprint density at radius 3 is 2.70 bits per heavy atom. The molecule has 6 heteroatoms. The predicted octanol–water partition coefficient (Wildman–Crippen LogP) is 3.37. The third kappa shape index (κ3) is 3.44. The van der Waals surface area contributed by atoms with Crippen LogP contribution in [0.5, 0.6) is 0 Å². The molecule has 2 atom stereocenters. The van der Waals surface area contributed by atoms with Gasteiger partial charge in [0, 0.05) is 6.04 Å². The number of aliphatic carboxylic acids is 1. The zero-order chi connectivity index (χ0) is 14.7. The molecule has 2 rings (SSSR count). The highest BCUT2D eigenvalue weighted by atomic mass is 35.5. The minimum Gasteiger partial charge on any atom is -0.481 e. The maximum Gasteiger partial charge on any atom is 0.306 e. The Morgan fingerprint density at radius 1 is 1.25 bits per heavy atom. The topological polar surface area (TPSA) is 66.4 Å². The molecule has 0 bridgehead atoms. The maximum atomic E-state index is 12.2. The molecule has 1 amide bonds. The number of carbonyl (C=O) groups is 2. The minimum absolute atomic E-state index is 0.132. The number of halogens is 2. The van der Waals surface area contributed by atoms with E-state index in [-0.39, 0.29) is 22.9 Å². The average molecular weight is 316 g/mol. The second-order valence-electron chi connectivity index (χ2n) is 4.97. The van der Waals surface area contributed by atoms with Crippen LogP contribution in [0.25, 0.3) is 0 Å². The van der Waals surface area contributed by atoms with E-state index < -0.39 is 5.97 Å². The Morgan fingerprint density at radius 2 is 2.00 bits per heavy atom. The van der Waals surface area contributed by atoms with Crippen LogP contribution < -0.4 is 5.32 Å². The molecule has 1 aromatic carbocycles. The lowest BCUT2D eigenvalue weighted by Crippen LogP contribution is -2.40. The summed E-state index contributed by atoms with van der Waals surface area (Å²) in [6.45, 7) is 0. The molecule has 1 fully saturated rings. The van der Waals surface area contributed by atoms with Gasteiger partial charge in [-0.05, 0) is 31.4 Å². The summed E-state index contributed by atoms with van der Waals surface area (Å²) in [7, 11) is 0. The van der Waals surface area contributed by atoms with Crippen LogP contribution in [-0.4, -0.2) is 23.0 Å². The Hall–Kier alpha value is -1.26. The molecular formula is C14H15Cl2NO3. The summed E-state index contributed by atoms with van der Waals surface area (Å²) in [6.07, 6.45) is 2.71. The van der Waals surface area contributed by atoms with E-state index in [2.05, 4.69) is 5.32 Å². The van der Waals surface area contributed by atoms with E-state index in [0.29, 0.717) is 23.4 Å². The van der Waals surface area contributed by atoms with E-state index in [0.717, 1.165) is 12.8 Å². The van der Waals surface area contributed by atoms with Gasteiger partial charge in [0.25, 0.3) is 5.91 Å². The molecular weight excluding hydrogens is 301 g/mol. The SMILES string of the molecule is O=C(NC1CCCC(C(=O)O)C1)c1cccc(Cl)c1Cl. The lowest BCUT2D eigenvalue weighted by Gasteiger charge is -2.27. The van der Waals surface area contributed by atoms with Crippen molar-refractivity contribution >= 4 is 35.1 Å². The minimum atomic E-state index is -0.801. The standard InChI is InChI=1S/C14H15Cl2NO3/c15-11-6-2-5-10(12(11)16)13(18)17-9-4-1-3-8(7-9)14(19)20/h2,5-6,8-9H,1,3-4,7H2,(H,17,18)(H,19,20). The summed E-state index contributed by atoms with van der Waals surface area (Å²) < 4.78 is 0. The predicted molar refractivity (Wildman–Crippen MR) is 77.3 cm³/mol. The van der Waals surface area contributed by atoms with Crippen molar-refractivity contribution in [3.63, 3.8) is 0 Å². The number of carbonyl (C=O) groups excluding carboxylic acids is 1. The van der Waals surface area contributed by atoms with Gasteiger partial charge >= 0.3 is 5.97 Å². The summed E-state index contributed by atoms with van der Waals surface area (Å²) in [5.41, 5.74) is 0.316. The smallest absolute Gasteiger partial charge is 0.306 e. The fourth-order valence-corrected chi connectivity index (χ4v) is 2.87. The van der Waals surface area contributed by atoms with Gasteiger partial charge < -0.3 is 10.4 Å². The van der Waals surface area contributed by atoms with E-state index in [4.69, 9.17) is 28.3 Å². The molecule has 20 heavy (non-hydrogen) atoms. The molecule has 0 spiro atoms. The summed E-state index contributed by atoms with van der Waals surface area (Å²) in [4.78, 5) is 23.2. The number of nitrogens with one attached hydrogen (secondary N) is 1. The lowest BCUT2D eigenvalue weighted by molar-refractivity contribution is -0.143. The van der Waals surface area contributed by atoms with Crippen LogP contribution in [0.4, 0.5) is 0 Å². The summed E-state index contributed by atoms with van der Waals surface area (Å²) in [5.74, 6) is -1.50. The lowest BCUT2D eigenvalue weighted by atomic mass is 9.85. The Balaban J connectivity index is 2.04. The van der Waals surface area contributed by atoms with Crippen molar-refractivity contribution in [2.75, 3.05) is 0 Å². The number of hydrogen-bond donors (Lipinski definition) is 2. The third-order valence-corrected chi connectivity index (χ3v) is 4.37. The molecule has 1 aliphatic rings. The number of carboxylic acids is 1. The van der Waals surface area contributed by atoms with Gasteiger partial charge in [0.1, 0.15) is 0 Å². The van der Waals surface area contributed by atoms with Crippen LogP contribution in [0.3, 0.4) is 0 Å². The van der Waals surface area contributed by atoms with E-state index in [1.165, 1.54) is 0 Å². The van der Waals surface area contributed by atoms with E-state index >= 15 is 0 Å². The molecule has 1 aliphatic carbocycles. The largest absolute Gasteiger partial charge is 0.481 e. The van der Waals surface area contributed by atoms with Gasteiger partial charge in [-0.3, -0.25) is 9.59 Å². The molecule has 4 nitrogen and oxygen atoms in total. The van der Waals surface area contributed by atoms with Crippen LogP contribution in [0, 0.1) is 5.92 Å². The van der Waals surface area contributed by atoms with Crippen LogP contribution in [-0.2, 0) is 4.79 Å². The highest BCUT2D eigenvalue weighted by Crippen LogP contribution is 2.27. The normalized spacial score (nSPS) is 22.3. The molecule has 1 aromatic rings. The summed E-state index contributed by atoms with van der Waals surface area (Å²) in [6, 6.07) is 4.74. The monoisotopic (exact) mass is 315 g/mol. The first-order valence-electron chi connectivity index (χ1n) is 6.46. The van der Waals surface area contributed by atoms with Gasteiger partial charge in [-0.25, -0.2) is 0 Å². The fraction of sp³-hybridized carbons (Fsp3) is 0.429. The summed E-state index contributed by atoms with van der Waals surface area (Å²) in [5, 5.41) is 12.4. The second-order valence-corrected chi connectivity index (χ2v) is 5.76. The molecule has 2 unspecified atom stereocenters. The zero-order valence-electron chi connectivity index (χ0n) is 10.7. The van der Waals surface area contributed by atoms with Crippen molar-refractivity contribution in [3.05, 3.63) is 33.8 Å². The van der Waals surface area contributed by atoms with Crippen LogP contribution in [0.1, 0.15) is 36.0 Å². The number of carboxylic acid groups (broad SMARTS) is 1. The third-order valence-electron chi connectivity index (χ3n) is 3.55. The van der Waals surface area contributed by atoms with Crippen molar-refractivity contribution in [1.29, 1.82) is 0 Å². The Kier molecular flexibility index (Phi) is 4.89. The summed E-state index contributed by atoms with van der Waals surface area (Å²) >= 11 is 11.9. The van der Waals surface area contributed by atoms with Crippen molar-refractivity contribution in [3.8, 4) is 0 Å². The molecule has 0 radical (unpaired) electrons. The van der Waals surface area contributed by atoms with Crippen LogP contribution in [0.2, 0.25) is 10.0 Å². The average Bonchev–Trinajstić information content (AvgIpc) is 2.42. The Labute approximate surface area is 127 Å². The fourth-order valence-electron chi connectivity index (χ4n) is 2.49. The molecule has 0 saturated heterocycles.